The number of methoxy groups -OCH3 is 1. The molecule has 0 atom stereocenters. The fourth-order valence-electron chi connectivity index (χ4n) is 1.26. The zero-order valence-corrected chi connectivity index (χ0v) is 13.1. The van der Waals surface area contributed by atoms with Crippen LogP contribution in [0.5, 0.6) is 0 Å². The minimum absolute atomic E-state index is 0.102. The maximum absolute atomic E-state index is 11.3. The summed E-state index contributed by atoms with van der Waals surface area (Å²) in [6.45, 7) is 1.54. The molecule has 1 aromatic carbocycles. The first-order chi connectivity index (χ1) is 9.04. The van der Waals surface area contributed by atoms with Crippen LogP contribution in [0.1, 0.15) is 29.3 Å². The van der Waals surface area contributed by atoms with Crippen molar-refractivity contribution >= 4 is 38.8 Å². The summed E-state index contributed by atoms with van der Waals surface area (Å²) in [6, 6.07) is 5.12. The highest BCUT2D eigenvalue weighted by Crippen LogP contribution is 2.18. The van der Waals surface area contributed by atoms with E-state index in [4.69, 9.17) is 0 Å². The fourth-order valence-corrected chi connectivity index (χ4v) is 2.23. The van der Waals surface area contributed by atoms with Crippen molar-refractivity contribution < 1.29 is 14.3 Å². The molecule has 5 heteroatoms. The number of ether oxygens (including phenoxy) is 1. The van der Waals surface area contributed by atoms with Gasteiger partial charge in [0.1, 0.15) is 0 Å². The topological polar surface area (TPSA) is 43.4 Å². The average Bonchev–Trinajstić information content (AvgIpc) is 2.38. The molecule has 0 aliphatic carbocycles. The molecule has 100 valence electrons. The molecule has 0 amide bonds. The molecule has 0 saturated carbocycles. The van der Waals surface area contributed by atoms with E-state index in [2.05, 4.69) is 32.5 Å². The lowest BCUT2D eigenvalue weighted by molar-refractivity contribution is -0.109. The third-order valence-electron chi connectivity index (χ3n) is 2.15. The van der Waals surface area contributed by atoms with Crippen molar-refractivity contribution in [2.24, 2.45) is 0 Å². The van der Waals surface area contributed by atoms with Gasteiger partial charge in [-0.15, -0.1) is 0 Å². The standard InChI is InChI=1S/C14H13BrO3S/c1-10(16)19-8-4-3-5-11-6-7-12(9-13(11)15)14(17)18-2/h6-7,9H,4,8H2,1-2H3. The van der Waals surface area contributed by atoms with Crippen molar-refractivity contribution in [2.75, 3.05) is 12.9 Å². The van der Waals surface area contributed by atoms with Crippen LogP contribution >= 0.6 is 27.7 Å². The van der Waals surface area contributed by atoms with Crippen LogP contribution in [0.15, 0.2) is 22.7 Å². The van der Waals surface area contributed by atoms with Gasteiger partial charge in [0.05, 0.1) is 12.7 Å². The predicted octanol–water partition coefficient (Wildman–Crippen LogP) is 3.26. The van der Waals surface area contributed by atoms with Crippen molar-refractivity contribution in [1.82, 2.24) is 0 Å². The normalized spacial score (nSPS) is 9.42. The second kappa shape index (κ2) is 8.03. The molecule has 1 rings (SSSR count). The molecule has 19 heavy (non-hydrogen) atoms. The van der Waals surface area contributed by atoms with E-state index in [1.165, 1.54) is 18.9 Å². The Morgan fingerprint density at radius 2 is 2.16 bits per heavy atom. The van der Waals surface area contributed by atoms with Crippen LogP contribution in [-0.2, 0) is 9.53 Å². The van der Waals surface area contributed by atoms with E-state index in [9.17, 15) is 9.59 Å². The first-order valence-corrected chi connectivity index (χ1v) is 7.32. The third kappa shape index (κ3) is 5.50. The molecule has 0 aromatic heterocycles. The maximum atomic E-state index is 11.3. The lowest BCUT2D eigenvalue weighted by atomic mass is 10.1. The summed E-state index contributed by atoms with van der Waals surface area (Å²) in [7, 11) is 1.34. The van der Waals surface area contributed by atoms with Crippen molar-refractivity contribution in [1.29, 1.82) is 0 Å². The SMILES string of the molecule is COC(=O)c1ccc(C#CCCSC(C)=O)c(Br)c1. The molecule has 0 spiro atoms. The molecule has 0 aliphatic rings. The number of hydrogen-bond donors (Lipinski definition) is 0. The number of benzene rings is 1. The predicted molar refractivity (Wildman–Crippen MR) is 80.1 cm³/mol. The number of thioether (sulfide) groups is 1. The Hall–Kier alpha value is -1.25. The number of carbonyl (C=O) groups excluding carboxylic acids is 2. The monoisotopic (exact) mass is 340 g/mol. The molecule has 3 nitrogen and oxygen atoms in total. The Morgan fingerprint density at radius 3 is 2.74 bits per heavy atom. The van der Waals surface area contributed by atoms with Crippen LogP contribution in [0, 0.1) is 11.8 Å². The summed E-state index contributed by atoms with van der Waals surface area (Å²) < 4.78 is 5.39. The van der Waals surface area contributed by atoms with Gasteiger partial charge in [0, 0.05) is 29.1 Å². The van der Waals surface area contributed by atoms with Crippen molar-refractivity contribution in [2.45, 2.75) is 13.3 Å². The first kappa shape index (κ1) is 15.8. The highest BCUT2D eigenvalue weighted by atomic mass is 79.9. The van der Waals surface area contributed by atoms with Gasteiger partial charge in [-0.05, 0) is 34.1 Å². The maximum Gasteiger partial charge on any atom is 0.337 e. The zero-order valence-electron chi connectivity index (χ0n) is 10.7. The largest absolute Gasteiger partial charge is 0.465 e. The van der Waals surface area contributed by atoms with Gasteiger partial charge in [0.2, 0.25) is 0 Å². The van der Waals surface area contributed by atoms with Gasteiger partial charge in [0.15, 0.2) is 5.12 Å². The van der Waals surface area contributed by atoms with Gasteiger partial charge < -0.3 is 4.74 Å². The lowest BCUT2D eigenvalue weighted by Gasteiger charge is -2.01. The average molecular weight is 341 g/mol. The molecule has 0 heterocycles. The lowest BCUT2D eigenvalue weighted by Crippen LogP contribution is -2.01. The second-order valence-electron chi connectivity index (χ2n) is 3.58. The van der Waals surface area contributed by atoms with Crippen LogP contribution < -0.4 is 0 Å². The summed E-state index contributed by atoms with van der Waals surface area (Å²) >= 11 is 4.63. The van der Waals surface area contributed by atoms with E-state index in [0.717, 1.165) is 10.0 Å². The van der Waals surface area contributed by atoms with Gasteiger partial charge in [-0.3, -0.25) is 4.79 Å². The smallest absolute Gasteiger partial charge is 0.337 e. The molecule has 0 radical (unpaired) electrons. The molecule has 0 saturated heterocycles. The summed E-state index contributed by atoms with van der Waals surface area (Å²) in [4.78, 5) is 22.1. The minimum Gasteiger partial charge on any atom is -0.465 e. The molecular formula is C14H13BrO3S. The van der Waals surface area contributed by atoms with E-state index < -0.39 is 0 Å². The molecule has 0 bridgehead atoms. The zero-order chi connectivity index (χ0) is 14.3. The van der Waals surface area contributed by atoms with Crippen LogP contribution in [0.4, 0.5) is 0 Å². The van der Waals surface area contributed by atoms with Gasteiger partial charge in [0.25, 0.3) is 0 Å². The van der Waals surface area contributed by atoms with Crippen LogP contribution in [-0.4, -0.2) is 23.9 Å². The van der Waals surface area contributed by atoms with Crippen molar-refractivity contribution in [3.8, 4) is 11.8 Å². The molecule has 0 fully saturated rings. The Balaban J connectivity index is 2.67. The van der Waals surface area contributed by atoms with Crippen molar-refractivity contribution in [3.05, 3.63) is 33.8 Å². The summed E-state index contributed by atoms with van der Waals surface area (Å²) in [6.07, 6.45) is 0.648. The Kier molecular flexibility index (Phi) is 6.68. The molecule has 0 N–H and O–H groups in total. The van der Waals surface area contributed by atoms with E-state index in [0.29, 0.717) is 17.7 Å². The molecule has 0 aliphatic heterocycles. The number of halogens is 1. The molecular weight excluding hydrogens is 328 g/mol. The van der Waals surface area contributed by atoms with Crippen LogP contribution in [0.3, 0.4) is 0 Å². The quantitative estimate of drug-likeness (QED) is 0.481. The second-order valence-corrected chi connectivity index (χ2v) is 5.70. The van der Waals surface area contributed by atoms with Gasteiger partial charge in [-0.1, -0.05) is 23.6 Å². The summed E-state index contributed by atoms with van der Waals surface area (Å²) in [5.74, 6) is 6.31. The van der Waals surface area contributed by atoms with Gasteiger partial charge >= 0.3 is 5.97 Å². The third-order valence-corrected chi connectivity index (χ3v) is 3.62. The van der Waals surface area contributed by atoms with Crippen LogP contribution in [0.25, 0.3) is 0 Å². The Labute approximate surface area is 125 Å². The summed E-state index contributed by atoms with van der Waals surface area (Å²) in [5, 5.41) is 0.102. The van der Waals surface area contributed by atoms with E-state index >= 15 is 0 Å². The minimum atomic E-state index is -0.377. The van der Waals surface area contributed by atoms with E-state index in [-0.39, 0.29) is 11.1 Å². The van der Waals surface area contributed by atoms with Crippen molar-refractivity contribution in [3.63, 3.8) is 0 Å². The Bertz CT molecular complexity index is 543. The number of carbonyl (C=O) groups is 2. The first-order valence-electron chi connectivity index (χ1n) is 5.54. The molecule has 1 aromatic rings. The van der Waals surface area contributed by atoms with E-state index in [1.54, 1.807) is 25.1 Å². The number of hydrogen-bond acceptors (Lipinski definition) is 4. The molecule has 0 unspecified atom stereocenters. The highest BCUT2D eigenvalue weighted by Gasteiger charge is 2.06. The van der Waals surface area contributed by atoms with E-state index in [1.807, 2.05) is 0 Å². The van der Waals surface area contributed by atoms with Gasteiger partial charge in [-0.25, -0.2) is 4.79 Å². The summed E-state index contributed by atoms with van der Waals surface area (Å²) in [5.41, 5.74) is 1.28. The Morgan fingerprint density at radius 1 is 1.42 bits per heavy atom. The van der Waals surface area contributed by atoms with Crippen LogP contribution in [0.2, 0.25) is 0 Å². The number of esters is 1. The number of rotatable bonds is 3. The van der Waals surface area contributed by atoms with Gasteiger partial charge in [-0.2, -0.15) is 0 Å². The highest BCUT2D eigenvalue weighted by molar-refractivity contribution is 9.10. The fraction of sp³-hybridized carbons (Fsp3) is 0.286.